The first-order valence-electron chi connectivity index (χ1n) is 5.89. The van der Waals surface area contributed by atoms with E-state index in [-0.39, 0.29) is 5.56 Å². The van der Waals surface area contributed by atoms with Crippen LogP contribution in [0.5, 0.6) is 0 Å². The highest BCUT2D eigenvalue weighted by Crippen LogP contribution is 2.07. The second-order valence-corrected chi connectivity index (χ2v) is 4.37. The lowest BCUT2D eigenvalue weighted by atomic mass is 10.2. The van der Waals surface area contributed by atoms with Crippen molar-refractivity contribution in [2.45, 2.75) is 25.4 Å². The first-order valence-corrected chi connectivity index (χ1v) is 5.89. The van der Waals surface area contributed by atoms with Crippen LogP contribution < -0.4 is 10.9 Å². The first-order chi connectivity index (χ1) is 8.34. The number of hydrogen-bond donors (Lipinski definition) is 1. The molecule has 3 rings (SSSR count). The number of nitrogens with zero attached hydrogens (tertiary/aromatic N) is 3. The molecule has 2 aromatic heterocycles. The molecule has 5 nitrogen and oxygen atoms in total. The zero-order chi connectivity index (χ0) is 11.7. The van der Waals surface area contributed by atoms with Crippen molar-refractivity contribution in [2.75, 3.05) is 6.54 Å². The van der Waals surface area contributed by atoms with E-state index in [1.807, 2.05) is 12.1 Å². The fraction of sp³-hybridized carbons (Fsp3) is 0.417. The Morgan fingerprint density at radius 2 is 2.47 bits per heavy atom. The lowest BCUT2D eigenvalue weighted by Crippen LogP contribution is -2.33. The quantitative estimate of drug-likeness (QED) is 0.818. The number of hydrogen-bond acceptors (Lipinski definition) is 4. The topological polar surface area (TPSA) is 59.8 Å². The molecule has 1 aliphatic rings. The standard InChI is InChI=1S/C12H14N4O/c17-12-11-9(3-1-6-14-11)7-15-16(12)8-10-4-2-5-13-10/h1,3,6-7,10,13H,2,4-5,8H2/t10-/m1/s1. The minimum Gasteiger partial charge on any atom is -0.312 e. The van der Waals surface area contributed by atoms with E-state index < -0.39 is 0 Å². The number of aromatic nitrogens is 3. The molecule has 2 aromatic rings. The first kappa shape index (κ1) is 10.4. The summed E-state index contributed by atoms with van der Waals surface area (Å²) in [5.41, 5.74) is 0.400. The molecule has 1 fully saturated rings. The molecular formula is C12H14N4O. The van der Waals surface area contributed by atoms with E-state index in [0.29, 0.717) is 18.1 Å². The average Bonchev–Trinajstić information content (AvgIpc) is 2.86. The molecule has 17 heavy (non-hydrogen) atoms. The molecule has 0 saturated carbocycles. The molecule has 0 aliphatic carbocycles. The van der Waals surface area contributed by atoms with Gasteiger partial charge in [0.2, 0.25) is 0 Å². The summed E-state index contributed by atoms with van der Waals surface area (Å²) in [6.07, 6.45) is 5.63. The Morgan fingerprint density at radius 1 is 1.53 bits per heavy atom. The molecule has 0 radical (unpaired) electrons. The summed E-state index contributed by atoms with van der Waals surface area (Å²) in [4.78, 5) is 16.2. The molecule has 1 N–H and O–H groups in total. The third-order valence-electron chi connectivity index (χ3n) is 3.17. The van der Waals surface area contributed by atoms with Gasteiger partial charge in [0.25, 0.3) is 5.56 Å². The summed E-state index contributed by atoms with van der Waals surface area (Å²) in [6, 6.07) is 4.03. The molecule has 0 amide bonds. The average molecular weight is 230 g/mol. The Kier molecular flexibility index (Phi) is 2.60. The monoisotopic (exact) mass is 230 g/mol. The highest BCUT2D eigenvalue weighted by molar-refractivity contribution is 5.75. The van der Waals surface area contributed by atoms with Gasteiger partial charge in [-0.25, -0.2) is 4.68 Å². The van der Waals surface area contributed by atoms with Crippen LogP contribution in [0.4, 0.5) is 0 Å². The number of pyridine rings is 1. The van der Waals surface area contributed by atoms with Gasteiger partial charge in [-0.2, -0.15) is 5.10 Å². The normalized spacial score (nSPS) is 19.9. The fourth-order valence-corrected chi connectivity index (χ4v) is 2.26. The van der Waals surface area contributed by atoms with Gasteiger partial charge in [0, 0.05) is 17.6 Å². The largest absolute Gasteiger partial charge is 0.312 e. The number of nitrogens with one attached hydrogen (secondary N) is 1. The molecule has 0 bridgehead atoms. The summed E-state index contributed by atoms with van der Waals surface area (Å²) in [5.74, 6) is 0. The maximum absolute atomic E-state index is 12.1. The van der Waals surface area contributed by atoms with Crippen molar-refractivity contribution >= 4 is 10.9 Å². The highest BCUT2D eigenvalue weighted by Gasteiger charge is 2.16. The highest BCUT2D eigenvalue weighted by atomic mass is 16.1. The van der Waals surface area contributed by atoms with Gasteiger partial charge in [-0.15, -0.1) is 0 Å². The van der Waals surface area contributed by atoms with Crippen molar-refractivity contribution < 1.29 is 0 Å². The van der Waals surface area contributed by atoms with Crippen LogP contribution in [0.2, 0.25) is 0 Å². The van der Waals surface area contributed by atoms with E-state index in [4.69, 9.17) is 0 Å². The SMILES string of the molecule is O=c1c2ncccc2cnn1C[C@H]1CCCN1. The predicted octanol–water partition coefficient (Wildman–Crippen LogP) is 0.543. The second kappa shape index (κ2) is 4.25. The minimum atomic E-state index is -0.100. The van der Waals surface area contributed by atoms with E-state index in [9.17, 15) is 4.79 Å². The van der Waals surface area contributed by atoms with Gasteiger partial charge in [0.05, 0.1) is 12.7 Å². The van der Waals surface area contributed by atoms with E-state index in [1.165, 1.54) is 11.1 Å². The van der Waals surface area contributed by atoms with Crippen LogP contribution in [-0.4, -0.2) is 27.4 Å². The van der Waals surface area contributed by atoms with Crippen LogP contribution >= 0.6 is 0 Å². The smallest absolute Gasteiger partial charge is 0.293 e. The van der Waals surface area contributed by atoms with Crippen molar-refractivity contribution in [2.24, 2.45) is 0 Å². The van der Waals surface area contributed by atoms with Gasteiger partial charge in [-0.05, 0) is 31.5 Å². The third-order valence-corrected chi connectivity index (χ3v) is 3.17. The lowest BCUT2D eigenvalue weighted by Gasteiger charge is -2.11. The van der Waals surface area contributed by atoms with Crippen molar-refractivity contribution in [1.29, 1.82) is 0 Å². The number of fused-ring (bicyclic) bond motifs is 1. The van der Waals surface area contributed by atoms with Gasteiger partial charge in [-0.1, -0.05) is 0 Å². The van der Waals surface area contributed by atoms with Gasteiger partial charge in [0.1, 0.15) is 5.52 Å². The van der Waals surface area contributed by atoms with Crippen LogP contribution in [0.1, 0.15) is 12.8 Å². The van der Waals surface area contributed by atoms with E-state index in [1.54, 1.807) is 12.4 Å². The van der Waals surface area contributed by atoms with E-state index in [2.05, 4.69) is 15.4 Å². The molecular weight excluding hydrogens is 216 g/mol. The van der Waals surface area contributed by atoms with Crippen molar-refractivity contribution in [3.8, 4) is 0 Å². The Labute approximate surface area is 98.5 Å². The van der Waals surface area contributed by atoms with Crippen LogP contribution in [0.15, 0.2) is 29.3 Å². The summed E-state index contributed by atoms with van der Waals surface area (Å²) in [7, 11) is 0. The summed E-state index contributed by atoms with van der Waals surface area (Å²) >= 11 is 0. The van der Waals surface area contributed by atoms with Crippen molar-refractivity contribution in [1.82, 2.24) is 20.1 Å². The van der Waals surface area contributed by atoms with Crippen LogP contribution in [0.3, 0.4) is 0 Å². The molecule has 1 saturated heterocycles. The maximum atomic E-state index is 12.1. The predicted molar refractivity (Wildman–Crippen MR) is 64.8 cm³/mol. The van der Waals surface area contributed by atoms with Gasteiger partial charge in [-0.3, -0.25) is 9.78 Å². The number of rotatable bonds is 2. The zero-order valence-electron chi connectivity index (χ0n) is 9.47. The summed E-state index contributed by atoms with van der Waals surface area (Å²) in [6.45, 7) is 1.66. The molecule has 3 heterocycles. The van der Waals surface area contributed by atoms with E-state index >= 15 is 0 Å². The summed E-state index contributed by atoms with van der Waals surface area (Å²) < 4.78 is 1.51. The van der Waals surface area contributed by atoms with Gasteiger partial charge < -0.3 is 5.32 Å². The Hall–Kier alpha value is -1.75. The molecule has 0 unspecified atom stereocenters. The van der Waals surface area contributed by atoms with Crippen LogP contribution in [-0.2, 0) is 6.54 Å². The second-order valence-electron chi connectivity index (χ2n) is 4.37. The van der Waals surface area contributed by atoms with E-state index in [0.717, 1.165) is 18.4 Å². The third kappa shape index (κ3) is 1.93. The van der Waals surface area contributed by atoms with Crippen molar-refractivity contribution in [3.05, 3.63) is 34.9 Å². The summed E-state index contributed by atoms with van der Waals surface area (Å²) in [5, 5.41) is 8.35. The molecule has 5 heteroatoms. The fourth-order valence-electron chi connectivity index (χ4n) is 2.26. The lowest BCUT2D eigenvalue weighted by molar-refractivity contribution is 0.461. The Morgan fingerprint density at radius 3 is 3.29 bits per heavy atom. The van der Waals surface area contributed by atoms with Crippen LogP contribution in [0, 0.1) is 0 Å². The zero-order valence-corrected chi connectivity index (χ0v) is 9.47. The minimum absolute atomic E-state index is 0.100. The Balaban J connectivity index is 1.99. The van der Waals surface area contributed by atoms with Crippen molar-refractivity contribution in [3.63, 3.8) is 0 Å². The molecule has 1 atom stereocenters. The van der Waals surface area contributed by atoms with Crippen LogP contribution in [0.25, 0.3) is 10.9 Å². The molecule has 88 valence electrons. The van der Waals surface area contributed by atoms with Gasteiger partial charge >= 0.3 is 0 Å². The molecule has 0 aromatic carbocycles. The molecule has 1 aliphatic heterocycles. The Bertz CT molecular complexity index is 586. The molecule has 0 spiro atoms. The maximum Gasteiger partial charge on any atom is 0.293 e. The van der Waals surface area contributed by atoms with Gasteiger partial charge in [0.15, 0.2) is 0 Å².